The number of anilines is 1. The topological polar surface area (TPSA) is 106 Å². The van der Waals surface area contributed by atoms with Crippen LogP contribution in [0.1, 0.15) is 44.0 Å². The van der Waals surface area contributed by atoms with E-state index >= 15 is 0 Å². The van der Waals surface area contributed by atoms with Crippen LogP contribution in [0.4, 0.5) is 10.5 Å². The molecule has 1 aliphatic rings. The lowest BCUT2D eigenvalue weighted by molar-refractivity contribution is 0.0497. The minimum atomic E-state index is -3.59. The van der Waals surface area contributed by atoms with E-state index in [1.807, 2.05) is 4.90 Å². The van der Waals surface area contributed by atoms with Gasteiger partial charge in [-0.1, -0.05) is 0 Å². The molecule has 9 heteroatoms. The van der Waals surface area contributed by atoms with E-state index in [9.17, 15) is 18.0 Å². The van der Waals surface area contributed by atoms with Crippen molar-refractivity contribution in [1.29, 1.82) is 0 Å². The molecular formula is C17H25N3O5S. The molecule has 1 aliphatic heterocycles. The summed E-state index contributed by atoms with van der Waals surface area (Å²) < 4.78 is 28.9. The van der Waals surface area contributed by atoms with Crippen LogP contribution in [-0.2, 0) is 14.6 Å². The normalized spacial score (nSPS) is 16.2. The highest BCUT2D eigenvalue weighted by Gasteiger charge is 2.26. The number of alkyl carbamates (subject to hydrolysis) is 1. The predicted octanol–water partition coefficient (Wildman–Crippen LogP) is 1.79. The number of ether oxygens (including phenoxy) is 1. The first-order valence-corrected chi connectivity index (χ1v) is 10.3. The number of amides is 1. The maximum Gasteiger partial charge on any atom is 0.407 e. The SMILES string of the molecule is CC(C)(C)OC(=O)NC1CCN(c2ccnc(S(C)(=O)=O)c2C=O)CC1. The lowest BCUT2D eigenvalue weighted by Crippen LogP contribution is -2.46. The molecule has 0 saturated carbocycles. The molecule has 0 unspecified atom stereocenters. The highest BCUT2D eigenvalue weighted by molar-refractivity contribution is 7.90. The quantitative estimate of drug-likeness (QED) is 0.790. The molecule has 1 N–H and O–H groups in total. The summed E-state index contributed by atoms with van der Waals surface area (Å²) in [6.07, 6.45) is 3.83. The van der Waals surface area contributed by atoms with E-state index in [0.29, 0.717) is 37.9 Å². The van der Waals surface area contributed by atoms with Gasteiger partial charge in [-0.15, -0.1) is 0 Å². The van der Waals surface area contributed by atoms with E-state index in [1.165, 1.54) is 6.20 Å². The molecule has 0 spiro atoms. The molecule has 1 amide bonds. The zero-order valence-corrected chi connectivity index (χ0v) is 16.3. The van der Waals surface area contributed by atoms with Crippen molar-refractivity contribution in [3.05, 3.63) is 17.8 Å². The van der Waals surface area contributed by atoms with E-state index in [4.69, 9.17) is 4.74 Å². The van der Waals surface area contributed by atoms with Gasteiger partial charge in [0.05, 0.1) is 11.3 Å². The van der Waals surface area contributed by atoms with Crippen molar-refractivity contribution in [3.8, 4) is 0 Å². The number of nitrogens with zero attached hydrogens (tertiary/aromatic N) is 2. The average molecular weight is 383 g/mol. The minimum Gasteiger partial charge on any atom is -0.444 e. The molecule has 1 fully saturated rings. The van der Waals surface area contributed by atoms with E-state index < -0.39 is 21.5 Å². The molecule has 8 nitrogen and oxygen atoms in total. The van der Waals surface area contributed by atoms with Crippen molar-refractivity contribution in [1.82, 2.24) is 10.3 Å². The fourth-order valence-electron chi connectivity index (χ4n) is 2.87. The third-order valence-corrected chi connectivity index (χ3v) is 4.98. The minimum absolute atomic E-state index is 0.0306. The number of carbonyl (C=O) groups excluding carboxylic acids is 2. The van der Waals surface area contributed by atoms with Gasteiger partial charge in [-0.2, -0.15) is 0 Å². The van der Waals surface area contributed by atoms with Gasteiger partial charge in [0.25, 0.3) is 0 Å². The Hall–Kier alpha value is -2.16. The fraction of sp³-hybridized carbons (Fsp3) is 0.588. The zero-order valence-electron chi connectivity index (χ0n) is 15.5. The van der Waals surface area contributed by atoms with E-state index in [0.717, 1.165) is 6.26 Å². The summed E-state index contributed by atoms with van der Waals surface area (Å²) in [4.78, 5) is 29.1. The summed E-state index contributed by atoms with van der Waals surface area (Å²) in [5, 5.41) is 2.64. The van der Waals surface area contributed by atoms with Gasteiger partial charge in [0.1, 0.15) is 5.60 Å². The monoisotopic (exact) mass is 383 g/mol. The number of aromatic nitrogens is 1. The fourth-order valence-corrected chi connectivity index (χ4v) is 3.67. The summed E-state index contributed by atoms with van der Waals surface area (Å²) in [7, 11) is -3.59. The molecule has 1 saturated heterocycles. The molecule has 0 aromatic carbocycles. The van der Waals surface area contributed by atoms with Gasteiger partial charge < -0.3 is 15.0 Å². The number of nitrogens with one attached hydrogen (secondary N) is 1. The van der Waals surface area contributed by atoms with Crippen LogP contribution in [0.5, 0.6) is 0 Å². The summed E-state index contributed by atoms with van der Waals surface area (Å²) >= 11 is 0. The Morgan fingerprint density at radius 2 is 1.96 bits per heavy atom. The largest absolute Gasteiger partial charge is 0.444 e. The van der Waals surface area contributed by atoms with Crippen molar-refractivity contribution in [2.75, 3.05) is 24.2 Å². The third-order valence-electron chi connectivity index (χ3n) is 3.96. The maximum atomic E-state index is 11.9. The highest BCUT2D eigenvalue weighted by atomic mass is 32.2. The number of aldehydes is 1. The first-order chi connectivity index (χ1) is 12.0. The van der Waals surface area contributed by atoms with Gasteiger partial charge >= 0.3 is 6.09 Å². The van der Waals surface area contributed by atoms with Gasteiger partial charge in [-0.3, -0.25) is 4.79 Å². The lowest BCUT2D eigenvalue weighted by Gasteiger charge is -2.35. The molecule has 0 aliphatic carbocycles. The Balaban J connectivity index is 2.07. The van der Waals surface area contributed by atoms with Gasteiger partial charge in [0, 0.05) is 31.6 Å². The number of pyridine rings is 1. The zero-order chi connectivity index (χ0) is 19.5. The number of piperidine rings is 1. The number of sulfone groups is 1. The second kappa shape index (κ2) is 7.61. The highest BCUT2D eigenvalue weighted by Crippen LogP contribution is 2.26. The third kappa shape index (κ3) is 5.17. The molecule has 0 bridgehead atoms. The molecule has 0 radical (unpaired) electrons. The van der Waals surface area contributed by atoms with Gasteiger partial charge in [-0.05, 0) is 39.7 Å². The Morgan fingerprint density at radius 3 is 2.46 bits per heavy atom. The summed E-state index contributed by atoms with van der Waals surface area (Å²) in [5.74, 6) is 0. The first-order valence-electron chi connectivity index (χ1n) is 8.40. The molecule has 1 aromatic rings. The van der Waals surface area contributed by atoms with Crippen LogP contribution in [0.2, 0.25) is 0 Å². The van der Waals surface area contributed by atoms with Crippen LogP contribution < -0.4 is 10.2 Å². The predicted molar refractivity (Wildman–Crippen MR) is 97.3 cm³/mol. The molecule has 1 aromatic heterocycles. The molecule has 26 heavy (non-hydrogen) atoms. The maximum absolute atomic E-state index is 11.9. The van der Waals surface area contributed by atoms with Crippen molar-refractivity contribution in [2.45, 2.75) is 50.3 Å². The van der Waals surface area contributed by atoms with Gasteiger partial charge in [0.2, 0.25) is 0 Å². The van der Waals surface area contributed by atoms with Crippen molar-refractivity contribution < 1.29 is 22.7 Å². The molecule has 2 heterocycles. The van der Waals surface area contributed by atoms with Crippen molar-refractivity contribution >= 4 is 27.9 Å². The Morgan fingerprint density at radius 1 is 1.35 bits per heavy atom. The van der Waals surface area contributed by atoms with Crippen LogP contribution in [0, 0.1) is 0 Å². The first kappa shape index (κ1) is 20.2. The lowest BCUT2D eigenvalue weighted by atomic mass is 10.0. The Kier molecular flexibility index (Phi) is 5.90. The van der Waals surface area contributed by atoms with Crippen molar-refractivity contribution in [3.63, 3.8) is 0 Å². The van der Waals surface area contributed by atoms with Crippen LogP contribution in [-0.4, -0.2) is 56.8 Å². The van der Waals surface area contributed by atoms with Crippen molar-refractivity contribution in [2.24, 2.45) is 0 Å². The molecular weight excluding hydrogens is 358 g/mol. The van der Waals surface area contributed by atoms with Crippen LogP contribution >= 0.6 is 0 Å². The standard InChI is InChI=1S/C17H25N3O5S/c1-17(2,3)25-16(22)19-12-6-9-20(10-7-12)14-5-8-18-15(13(14)11-21)26(4,23)24/h5,8,11-12H,6-7,9-10H2,1-4H3,(H,19,22). The number of hydrogen-bond acceptors (Lipinski definition) is 7. The van der Waals surface area contributed by atoms with Crippen LogP contribution in [0.15, 0.2) is 17.3 Å². The summed E-state index contributed by atoms with van der Waals surface area (Å²) in [6, 6.07) is 1.61. The van der Waals surface area contributed by atoms with E-state index in [-0.39, 0.29) is 16.6 Å². The van der Waals surface area contributed by atoms with Gasteiger partial charge in [0.15, 0.2) is 21.1 Å². The molecule has 144 valence electrons. The second-order valence-electron chi connectivity index (χ2n) is 7.35. The van der Waals surface area contributed by atoms with Crippen LogP contribution in [0.25, 0.3) is 0 Å². The Labute approximate surface area is 153 Å². The number of carbonyl (C=O) groups is 2. The number of hydrogen-bond donors (Lipinski definition) is 1. The van der Waals surface area contributed by atoms with E-state index in [1.54, 1.807) is 26.8 Å². The average Bonchev–Trinajstić information content (AvgIpc) is 2.52. The second-order valence-corrected chi connectivity index (χ2v) is 9.28. The van der Waals surface area contributed by atoms with Crippen LogP contribution in [0.3, 0.4) is 0 Å². The smallest absolute Gasteiger partial charge is 0.407 e. The van der Waals surface area contributed by atoms with Gasteiger partial charge in [-0.25, -0.2) is 18.2 Å². The molecule has 0 atom stereocenters. The Bertz CT molecular complexity index is 778. The summed E-state index contributed by atoms with van der Waals surface area (Å²) in [5.41, 5.74) is 0.0719. The molecule has 2 rings (SSSR count). The summed E-state index contributed by atoms with van der Waals surface area (Å²) in [6.45, 7) is 6.57. The van der Waals surface area contributed by atoms with E-state index in [2.05, 4.69) is 10.3 Å². The number of rotatable bonds is 4.